The highest BCUT2D eigenvalue weighted by Crippen LogP contribution is 2.27. The first-order valence-corrected chi connectivity index (χ1v) is 10.5. The van der Waals surface area contributed by atoms with Crippen LogP contribution in [0.15, 0.2) is 47.4 Å². The maximum atomic E-state index is 13.2. The van der Waals surface area contributed by atoms with Crippen molar-refractivity contribution >= 4 is 16.2 Å². The van der Waals surface area contributed by atoms with Gasteiger partial charge in [0.1, 0.15) is 5.82 Å². The number of amides is 1. The summed E-state index contributed by atoms with van der Waals surface area (Å²) in [6.45, 7) is 4.38. The van der Waals surface area contributed by atoms with Gasteiger partial charge in [0.05, 0.1) is 4.90 Å². The number of halogens is 1. The van der Waals surface area contributed by atoms with Crippen molar-refractivity contribution in [3.63, 3.8) is 0 Å². The monoisotopic (exact) mass is 424 g/mol. The SMILES string of the molecule is Cc1cc(C2CN(C(=O)O)CCC2N)ccc1F.Cc1ccc(S(=O)(=O)O)cc1. The second-order valence-electron chi connectivity index (χ2n) is 7.08. The molecule has 1 fully saturated rings. The fourth-order valence-electron chi connectivity index (χ4n) is 3.11. The summed E-state index contributed by atoms with van der Waals surface area (Å²) in [7, 11) is -4.02. The number of piperidine rings is 1. The molecular weight excluding hydrogens is 399 g/mol. The largest absolute Gasteiger partial charge is 0.465 e. The van der Waals surface area contributed by atoms with Gasteiger partial charge in [-0.2, -0.15) is 8.42 Å². The van der Waals surface area contributed by atoms with Crippen LogP contribution in [0.2, 0.25) is 0 Å². The van der Waals surface area contributed by atoms with E-state index in [4.69, 9.17) is 15.4 Å². The van der Waals surface area contributed by atoms with Gasteiger partial charge in [0.25, 0.3) is 10.1 Å². The predicted octanol–water partition coefficient (Wildman–Crippen LogP) is 3.17. The van der Waals surface area contributed by atoms with Gasteiger partial charge in [-0.1, -0.05) is 29.8 Å². The lowest BCUT2D eigenvalue weighted by Gasteiger charge is -2.35. The smallest absolute Gasteiger partial charge is 0.407 e. The molecule has 0 bridgehead atoms. The zero-order valence-electron chi connectivity index (χ0n) is 16.2. The van der Waals surface area contributed by atoms with Gasteiger partial charge in [-0.25, -0.2) is 9.18 Å². The van der Waals surface area contributed by atoms with Crippen molar-refractivity contribution < 1.29 is 27.3 Å². The molecule has 7 nitrogen and oxygen atoms in total. The average molecular weight is 424 g/mol. The van der Waals surface area contributed by atoms with Gasteiger partial charge in [-0.05, 0) is 49.6 Å². The molecule has 1 heterocycles. The molecule has 0 spiro atoms. The number of carbonyl (C=O) groups is 1. The number of hydrogen-bond acceptors (Lipinski definition) is 4. The Labute approximate surface area is 169 Å². The van der Waals surface area contributed by atoms with Gasteiger partial charge in [-0.15, -0.1) is 0 Å². The molecule has 2 atom stereocenters. The van der Waals surface area contributed by atoms with E-state index in [1.54, 1.807) is 31.2 Å². The molecule has 9 heteroatoms. The van der Waals surface area contributed by atoms with Gasteiger partial charge in [0, 0.05) is 25.0 Å². The van der Waals surface area contributed by atoms with E-state index in [1.807, 2.05) is 6.92 Å². The lowest BCUT2D eigenvalue weighted by Crippen LogP contribution is -2.47. The molecular formula is C20H25FN2O5S. The Morgan fingerprint density at radius 3 is 2.31 bits per heavy atom. The first-order chi connectivity index (χ1) is 13.5. The zero-order chi connectivity index (χ0) is 21.8. The first kappa shape index (κ1) is 22.8. The molecule has 1 aliphatic heterocycles. The summed E-state index contributed by atoms with van der Waals surface area (Å²) < 4.78 is 42.8. The average Bonchev–Trinajstić information content (AvgIpc) is 2.64. The lowest BCUT2D eigenvalue weighted by molar-refractivity contribution is 0.126. The Morgan fingerprint density at radius 2 is 1.79 bits per heavy atom. The standard InChI is InChI=1S/C13H17FN2O2.C7H8O3S/c1-8-6-9(2-3-11(8)14)10-7-16(13(17)18)5-4-12(10)15;1-6-2-4-7(5-3-6)11(8,9)10/h2-3,6,10,12H,4-5,7,15H2,1H3,(H,17,18);2-5H,1H3,(H,8,9,10). The molecule has 0 aliphatic carbocycles. The van der Waals surface area contributed by atoms with Crippen LogP contribution in [-0.2, 0) is 10.1 Å². The third kappa shape index (κ3) is 6.25. The summed E-state index contributed by atoms with van der Waals surface area (Å²) in [5.74, 6) is -0.313. The minimum Gasteiger partial charge on any atom is -0.465 e. The van der Waals surface area contributed by atoms with E-state index in [0.29, 0.717) is 25.1 Å². The topological polar surface area (TPSA) is 121 Å². The molecule has 4 N–H and O–H groups in total. The number of nitrogens with two attached hydrogens (primary N) is 1. The fourth-order valence-corrected chi connectivity index (χ4v) is 3.59. The van der Waals surface area contributed by atoms with E-state index in [2.05, 4.69) is 0 Å². The summed E-state index contributed by atoms with van der Waals surface area (Å²) in [5, 5.41) is 9.01. The second-order valence-corrected chi connectivity index (χ2v) is 8.51. The van der Waals surface area contributed by atoms with Crippen molar-refractivity contribution in [2.45, 2.75) is 37.1 Å². The number of hydrogen-bond donors (Lipinski definition) is 3. The normalized spacial score (nSPS) is 19.3. The molecule has 1 saturated heterocycles. The Kier molecular flexibility index (Phi) is 7.34. The molecule has 158 valence electrons. The number of carboxylic acid groups (broad SMARTS) is 1. The maximum absolute atomic E-state index is 13.2. The highest BCUT2D eigenvalue weighted by molar-refractivity contribution is 7.85. The molecule has 1 aliphatic rings. The minimum atomic E-state index is -4.02. The van der Waals surface area contributed by atoms with Gasteiger partial charge < -0.3 is 15.7 Å². The van der Waals surface area contributed by atoms with Crippen molar-refractivity contribution in [3.8, 4) is 0 Å². The van der Waals surface area contributed by atoms with Crippen LogP contribution in [0.4, 0.5) is 9.18 Å². The van der Waals surface area contributed by atoms with Crippen LogP contribution in [0.25, 0.3) is 0 Å². The Morgan fingerprint density at radius 1 is 1.17 bits per heavy atom. The third-order valence-corrected chi connectivity index (χ3v) is 5.73. The summed E-state index contributed by atoms with van der Waals surface area (Å²) >= 11 is 0. The van der Waals surface area contributed by atoms with E-state index in [9.17, 15) is 17.6 Å². The van der Waals surface area contributed by atoms with Crippen LogP contribution in [0, 0.1) is 19.7 Å². The number of likely N-dealkylation sites (tertiary alicyclic amines) is 1. The van der Waals surface area contributed by atoms with E-state index >= 15 is 0 Å². The van der Waals surface area contributed by atoms with Crippen molar-refractivity contribution in [1.82, 2.24) is 4.90 Å². The summed E-state index contributed by atoms with van der Waals surface area (Å²) in [6, 6.07) is 10.8. The fraction of sp³-hybridized carbons (Fsp3) is 0.350. The minimum absolute atomic E-state index is 0.0610. The highest BCUT2D eigenvalue weighted by atomic mass is 32.2. The van der Waals surface area contributed by atoms with Crippen LogP contribution in [-0.4, -0.2) is 48.2 Å². The summed E-state index contributed by atoms with van der Waals surface area (Å²) in [4.78, 5) is 12.3. The molecule has 1 amide bonds. The van der Waals surface area contributed by atoms with E-state index in [-0.39, 0.29) is 22.7 Å². The lowest BCUT2D eigenvalue weighted by atomic mass is 9.86. The third-order valence-electron chi connectivity index (χ3n) is 4.87. The molecule has 0 aromatic heterocycles. The van der Waals surface area contributed by atoms with Crippen molar-refractivity contribution in [3.05, 3.63) is 65.0 Å². The van der Waals surface area contributed by atoms with Gasteiger partial charge in [-0.3, -0.25) is 4.55 Å². The molecule has 2 unspecified atom stereocenters. The van der Waals surface area contributed by atoms with Crippen molar-refractivity contribution in [2.24, 2.45) is 5.73 Å². The first-order valence-electron chi connectivity index (χ1n) is 9.02. The molecule has 29 heavy (non-hydrogen) atoms. The number of nitrogens with zero attached hydrogens (tertiary/aromatic N) is 1. The van der Waals surface area contributed by atoms with Crippen LogP contribution in [0.5, 0.6) is 0 Å². The zero-order valence-corrected chi connectivity index (χ0v) is 17.1. The number of aryl methyl sites for hydroxylation is 2. The Bertz CT molecular complexity index is 963. The predicted molar refractivity (Wildman–Crippen MR) is 107 cm³/mol. The molecule has 2 aromatic rings. The van der Waals surface area contributed by atoms with Crippen molar-refractivity contribution in [1.29, 1.82) is 0 Å². The Hall–Kier alpha value is -2.49. The van der Waals surface area contributed by atoms with E-state index in [1.165, 1.54) is 23.1 Å². The van der Waals surface area contributed by atoms with Gasteiger partial charge >= 0.3 is 6.09 Å². The van der Waals surface area contributed by atoms with Crippen LogP contribution in [0.3, 0.4) is 0 Å². The van der Waals surface area contributed by atoms with Crippen LogP contribution in [0.1, 0.15) is 29.0 Å². The molecule has 3 rings (SSSR count). The van der Waals surface area contributed by atoms with E-state index in [0.717, 1.165) is 11.1 Å². The van der Waals surface area contributed by atoms with Gasteiger partial charge in [0.15, 0.2) is 0 Å². The molecule has 0 radical (unpaired) electrons. The van der Waals surface area contributed by atoms with E-state index < -0.39 is 16.2 Å². The highest BCUT2D eigenvalue weighted by Gasteiger charge is 2.30. The number of rotatable bonds is 2. The molecule has 0 saturated carbocycles. The summed E-state index contributed by atoms with van der Waals surface area (Å²) in [6.07, 6.45) is -0.293. The maximum Gasteiger partial charge on any atom is 0.407 e. The number of benzene rings is 2. The quantitative estimate of drug-likeness (QED) is 0.637. The molecule has 2 aromatic carbocycles. The Balaban J connectivity index is 0.000000234. The second kappa shape index (κ2) is 9.34. The summed E-state index contributed by atoms with van der Waals surface area (Å²) in [5.41, 5.74) is 8.48. The van der Waals surface area contributed by atoms with Crippen LogP contribution < -0.4 is 5.73 Å². The van der Waals surface area contributed by atoms with Crippen molar-refractivity contribution in [2.75, 3.05) is 13.1 Å². The van der Waals surface area contributed by atoms with Gasteiger partial charge in [0.2, 0.25) is 0 Å². The van der Waals surface area contributed by atoms with Crippen LogP contribution >= 0.6 is 0 Å².